The molecule has 0 fully saturated rings. The van der Waals surface area contributed by atoms with Crippen molar-refractivity contribution in [2.24, 2.45) is 5.73 Å². The van der Waals surface area contributed by atoms with Gasteiger partial charge in [0.25, 0.3) is 0 Å². The van der Waals surface area contributed by atoms with Crippen molar-refractivity contribution in [1.82, 2.24) is 0 Å². The van der Waals surface area contributed by atoms with E-state index in [1.165, 1.54) is 24.3 Å². The molecule has 0 bridgehead atoms. The van der Waals surface area contributed by atoms with Crippen LogP contribution in [0, 0.1) is 0 Å². The first-order valence-electron chi connectivity index (χ1n) is 3.38. The summed E-state index contributed by atoms with van der Waals surface area (Å²) < 4.78 is 0. The highest BCUT2D eigenvalue weighted by atomic mass is 79.9. The van der Waals surface area contributed by atoms with Crippen molar-refractivity contribution in [2.45, 2.75) is 6.04 Å². The van der Waals surface area contributed by atoms with Crippen molar-refractivity contribution in [3.8, 4) is 5.75 Å². The monoisotopic (exact) mass is 247 g/mol. The smallest absolute Gasteiger partial charge is 0.325 e. The van der Waals surface area contributed by atoms with Gasteiger partial charge in [-0.1, -0.05) is 12.1 Å². The van der Waals surface area contributed by atoms with Gasteiger partial charge in [0, 0.05) is 0 Å². The molecule has 72 valence electrons. The molecule has 0 aliphatic carbocycles. The van der Waals surface area contributed by atoms with Gasteiger partial charge in [-0.25, -0.2) is 0 Å². The first-order valence-corrected chi connectivity index (χ1v) is 3.38. The van der Waals surface area contributed by atoms with Gasteiger partial charge in [0.2, 0.25) is 0 Å². The van der Waals surface area contributed by atoms with E-state index in [1.807, 2.05) is 0 Å². The number of rotatable bonds is 2. The van der Waals surface area contributed by atoms with E-state index >= 15 is 0 Å². The second kappa shape index (κ2) is 4.84. The second-order valence-corrected chi connectivity index (χ2v) is 2.41. The molecule has 4 nitrogen and oxygen atoms in total. The van der Waals surface area contributed by atoms with Crippen molar-refractivity contribution in [1.29, 1.82) is 0 Å². The lowest BCUT2D eigenvalue weighted by atomic mass is 10.1. The van der Waals surface area contributed by atoms with E-state index in [0.29, 0.717) is 5.56 Å². The van der Waals surface area contributed by atoms with Crippen LogP contribution in [0.5, 0.6) is 5.75 Å². The van der Waals surface area contributed by atoms with E-state index in [2.05, 4.69) is 0 Å². The summed E-state index contributed by atoms with van der Waals surface area (Å²) >= 11 is 0. The maximum absolute atomic E-state index is 10.4. The number of carbonyl (C=O) groups is 1. The summed E-state index contributed by atoms with van der Waals surface area (Å²) in [7, 11) is 0. The molecule has 1 atom stereocenters. The quantitative estimate of drug-likeness (QED) is 0.730. The fraction of sp³-hybridized carbons (Fsp3) is 0.125. The van der Waals surface area contributed by atoms with E-state index in [9.17, 15) is 4.79 Å². The van der Waals surface area contributed by atoms with Crippen LogP contribution in [0.25, 0.3) is 0 Å². The summed E-state index contributed by atoms with van der Waals surface area (Å²) in [5.41, 5.74) is 5.78. The number of aromatic hydroxyl groups is 1. The molecule has 13 heavy (non-hydrogen) atoms. The van der Waals surface area contributed by atoms with Gasteiger partial charge in [0.05, 0.1) is 0 Å². The van der Waals surface area contributed by atoms with Crippen LogP contribution in [-0.4, -0.2) is 16.2 Å². The average molecular weight is 248 g/mol. The minimum absolute atomic E-state index is 0. The number of phenols is 1. The summed E-state index contributed by atoms with van der Waals surface area (Å²) in [6, 6.07) is 4.74. The largest absolute Gasteiger partial charge is 0.508 e. The van der Waals surface area contributed by atoms with Crippen LogP contribution in [0.3, 0.4) is 0 Å². The lowest BCUT2D eigenvalue weighted by Crippen LogP contribution is -2.20. The Balaban J connectivity index is 0.00000144. The molecule has 0 amide bonds. The number of benzene rings is 1. The SMILES string of the molecule is Br.NC(C(=O)O)c1ccc(O)cc1. The summed E-state index contributed by atoms with van der Waals surface area (Å²) in [6.07, 6.45) is 0. The van der Waals surface area contributed by atoms with Crippen LogP contribution >= 0.6 is 17.0 Å². The molecule has 0 radical (unpaired) electrons. The number of carboxylic acids is 1. The molecule has 4 N–H and O–H groups in total. The van der Waals surface area contributed by atoms with Crippen LogP contribution in [0.15, 0.2) is 24.3 Å². The number of aliphatic carboxylic acids is 1. The number of carboxylic acid groups (broad SMARTS) is 1. The van der Waals surface area contributed by atoms with Crippen molar-refractivity contribution < 1.29 is 15.0 Å². The zero-order chi connectivity index (χ0) is 9.14. The molecule has 1 aromatic rings. The number of phenolic OH excluding ortho intramolecular Hbond substituents is 1. The predicted octanol–water partition coefficient (Wildman–Crippen LogP) is 1.05. The molecule has 0 aromatic heterocycles. The maximum atomic E-state index is 10.4. The third-order valence-electron chi connectivity index (χ3n) is 1.52. The van der Waals surface area contributed by atoms with E-state index in [4.69, 9.17) is 15.9 Å². The molecule has 0 heterocycles. The van der Waals surface area contributed by atoms with Crippen molar-refractivity contribution in [3.05, 3.63) is 29.8 Å². The Labute approximate surface area is 85.8 Å². The molecule has 5 heteroatoms. The lowest BCUT2D eigenvalue weighted by Gasteiger charge is -2.05. The van der Waals surface area contributed by atoms with Crippen LogP contribution in [0.1, 0.15) is 11.6 Å². The highest BCUT2D eigenvalue weighted by Crippen LogP contribution is 2.14. The third-order valence-corrected chi connectivity index (χ3v) is 1.52. The van der Waals surface area contributed by atoms with Crippen LogP contribution < -0.4 is 5.73 Å². The highest BCUT2D eigenvalue weighted by molar-refractivity contribution is 8.93. The van der Waals surface area contributed by atoms with Crippen molar-refractivity contribution >= 4 is 23.0 Å². The fourth-order valence-electron chi connectivity index (χ4n) is 0.824. The van der Waals surface area contributed by atoms with Gasteiger partial charge in [-0.3, -0.25) is 4.79 Å². The maximum Gasteiger partial charge on any atom is 0.325 e. The molecule has 0 saturated heterocycles. The van der Waals surface area contributed by atoms with Crippen molar-refractivity contribution in [2.75, 3.05) is 0 Å². The fourth-order valence-corrected chi connectivity index (χ4v) is 0.824. The average Bonchev–Trinajstić information content (AvgIpc) is 2.04. The normalized spacial score (nSPS) is 11.5. The summed E-state index contributed by atoms with van der Waals surface area (Å²) in [5.74, 6) is -0.989. The summed E-state index contributed by atoms with van der Waals surface area (Å²) in [4.78, 5) is 10.4. The van der Waals surface area contributed by atoms with Gasteiger partial charge in [-0.2, -0.15) is 0 Å². The van der Waals surface area contributed by atoms with Gasteiger partial charge in [-0.05, 0) is 17.7 Å². The van der Waals surface area contributed by atoms with Crippen LogP contribution in [-0.2, 0) is 4.79 Å². The summed E-state index contributed by atoms with van der Waals surface area (Å²) in [5, 5.41) is 17.4. The Morgan fingerprint density at radius 2 is 1.77 bits per heavy atom. The highest BCUT2D eigenvalue weighted by Gasteiger charge is 2.13. The van der Waals surface area contributed by atoms with Gasteiger partial charge in [0.1, 0.15) is 11.8 Å². The minimum atomic E-state index is -1.08. The predicted molar refractivity (Wildman–Crippen MR) is 53.0 cm³/mol. The number of halogens is 1. The van der Waals surface area contributed by atoms with E-state index in [-0.39, 0.29) is 22.7 Å². The Kier molecular flexibility index (Phi) is 4.44. The Morgan fingerprint density at radius 3 is 2.15 bits per heavy atom. The molecule has 1 unspecified atom stereocenters. The first-order chi connectivity index (χ1) is 5.61. The van der Waals surface area contributed by atoms with Crippen LogP contribution in [0.4, 0.5) is 0 Å². The van der Waals surface area contributed by atoms with Gasteiger partial charge >= 0.3 is 5.97 Å². The third kappa shape index (κ3) is 3.04. The molecular formula is C8H10BrNO3. The molecule has 0 aliphatic heterocycles. The van der Waals surface area contributed by atoms with Gasteiger partial charge in [-0.15, -0.1) is 17.0 Å². The van der Waals surface area contributed by atoms with E-state index < -0.39 is 12.0 Å². The van der Waals surface area contributed by atoms with Crippen molar-refractivity contribution in [3.63, 3.8) is 0 Å². The molecule has 1 aromatic carbocycles. The van der Waals surface area contributed by atoms with E-state index in [1.54, 1.807) is 0 Å². The van der Waals surface area contributed by atoms with E-state index in [0.717, 1.165) is 0 Å². The van der Waals surface area contributed by atoms with Gasteiger partial charge in [0.15, 0.2) is 0 Å². The topological polar surface area (TPSA) is 83.6 Å². The molecule has 1 rings (SSSR count). The standard InChI is InChI=1S/C8H9NO3.BrH/c9-7(8(11)12)5-1-3-6(10)4-2-5;/h1-4,7,10H,9H2,(H,11,12);1H. The Hall–Kier alpha value is -1.07. The molecule has 0 saturated carbocycles. The zero-order valence-electron chi connectivity index (χ0n) is 6.68. The number of nitrogens with two attached hydrogens (primary N) is 1. The number of hydrogen-bond acceptors (Lipinski definition) is 3. The Bertz CT molecular complexity index is 286. The first kappa shape index (κ1) is 11.9. The Morgan fingerprint density at radius 1 is 1.31 bits per heavy atom. The second-order valence-electron chi connectivity index (χ2n) is 2.41. The van der Waals surface area contributed by atoms with Crippen LogP contribution in [0.2, 0.25) is 0 Å². The number of hydrogen-bond donors (Lipinski definition) is 3. The lowest BCUT2D eigenvalue weighted by molar-refractivity contribution is -0.138. The molecular weight excluding hydrogens is 238 g/mol. The zero-order valence-corrected chi connectivity index (χ0v) is 8.39. The molecule has 0 aliphatic rings. The summed E-state index contributed by atoms with van der Waals surface area (Å²) in [6.45, 7) is 0. The minimum Gasteiger partial charge on any atom is -0.508 e. The molecule has 0 spiro atoms. The van der Waals surface area contributed by atoms with Gasteiger partial charge < -0.3 is 15.9 Å².